The molecule has 2 rings (SSSR count). The highest BCUT2D eigenvalue weighted by molar-refractivity contribution is 5.94. The van der Waals surface area contributed by atoms with E-state index < -0.39 is 29.9 Å². The van der Waals surface area contributed by atoms with Crippen LogP contribution >= 0.6 is 0 Å². The van der Waals surface area contributed by atoms with Crippen LogP contribution in [-0.2, 0) is 25.6 Å². The fraction of sp³-hybridized carbons (Fsp3) is 0.462. The molecule has 0 unspecified atom stereocenters. The van der Waals surface area contributed by atoms with Crippen LogP contribution in [0.2, 0.25) is 0 Å². The van der Waals surface area contributed by atoms with Gasteiger partial charge in [0.2, 0.25) is 23.6 Å². The van der Waals surface area contributed by atoms with E-state index in [2.05, 4.69) is 27.8 Å². The summed E-state index contributed by atoms with van der Waals surface area (Å²) >= 11 is 0. The minimum Gasteiger partial charge on any atom is -0.351 e. The molecule has 0 radical (unpaired) electrons. The minimum atomic E-state index is -0.849. The van der Waals surface area contributed by atoms with E-state index in [-0.39, 0.29) is 37.1 Å². The van der Waals surface area contributed by atoms with Gasteiger partial charge in [0, 0.05) is 19.4 Å². The second-order valence-electron chi connectivity index (χ2n) is 9.04. The van der Waals surface area contributed by atoms with Crippen molar-refractivity contribution in [2.45, 2.75) is 64.6 Å². The Balaban J connectivity index is 2.29. The van der Waals surface area contributed by atoms with Crippen molar-refractivity contribution in [1.82, 2.24) is 21.3 Å². The summed E-state index contributed by atoms with van der Waals surface area (Å²) in [7, 11) is 0. The smallest absolute Gasteiger partial charge is 0.243 e. The Morgan fingerprint density at radius 3 is 2.26 bits per heavy atom. The first-order chi connectivity index (χ1) is 16.2. The number of carbonyl (C=O) groups is 4. The molecule has 184 valence electrons. The zero-order chi connectivity index (χ0) is 25.1. The van der Waals surface area contributed by atoms with Crippen molar-refractivity contribution < 1.29 is 19.2 Å². The van der Waals surface area contributed by atoms with Gasteiger partial charge in [-0.05, 0) is 31.2 Å². The third kappa shape index (κ3) is 9.21. The van der Waals surface area contributed by atoms with Crippen LogP contribution in [0.3, 0.4) is 0 Å². The largest absolute Gasteiger partial charge is 0.351 e. The van der Waals surface area contributed by atoms with Crippen molar-refractivity contribution in [2.24, 2.45) is 5.92 Å². The third-order valence-corrected chi connectivity index (χ3v) is 5.45. The Hall–Kier alpha value is -3.42. The first kappa shape index (κ1) is 26.8. The van der Waals surface area contributed by atoms with Gasteiger partial charge in [-0.25, -0.2) is 0 Å². The SMILES string of the molecule is C=C1/C=C/CNC(=O)[C@H](C)NC(=O)[C@H](CC(C)C)NC(=O)[C@H](Cc2ccccc2)NC(=O)CC1. The first-order valence-electron chi connectivity index (χ1n) is 11.7. The van der Waals surface area contributed by atoms with Crippen molar-refractivity contribution >= 4 is 23.6 Å². The Bertz CT molecular complexity index is 911. The molecule has 1 heterocycles. The van der Waals surface area contributed by atoms with Crippen LogP contribution in [0.4, 0.5) is 0 Å². The van der Waals surface area contributed by atoms with Gasteiger partial charge in [-0.2, -0.15) is 0 Å². The highest BCUT2D eigenvalue weighted by Crippen LogP contribution is 2.10. The van der Waals surface area contributed by atoms with Crippen molar-refractivity contribution in [2.75, 3.05) is 6.54 Å². The van der Waals surface area contributed by atoms with Crippen molar-refractivity contribution in [3.8, 4) is 0 Å². The molecular formula is C26H36N4O4. The molecule has 1 aromatic rings. The van der Waals surface area contributed by atoms with Gasteiger partial charge in [-0.3, -0.25) is 19.2 Å². The highest BCUT2D eigenvalue weighted by Gasteiger charge is 2.29. The number of carbonyl (C=O) groups excluding carboxylic acids is 4. The van der Waals surface area contributed by atoms with E-state index >= 15 is 0 Å². The molecule has 0 saturated carbocycles. The van der Waals surface area contributed by atoms with Gasteiger partial charge in [-0.1, -0.05) is 68.5 Å². The Morgan fingerprint density at radius 2 is 1.59 bits per heavy atom. The molecule has 8 heteroatoms. The summed E-state index contributed by atoms with van der Waals surface area (Å²) in [4.78, 5) is 51.2. The summed E-state index contributed by atoms with van der Waals surface area (Å²) in [6.07, 6.45) is 4.76. The highest BCUT2D eigenvalue weighted by atomic mass is 16.2. The van der Waals surface area contributed by atoms with Gasteiger partial charge < -0.3 is 21.3 Å². The lowest BCUT2D eigenvalue weighted by molar-refractivity contribution is -0.133. The summed E-state index contributed by atoms with van der Waals surface area (Å²) in [6, 6.07) is 6.91. The van der Waals surface area contributed by atoms with E-state index in [0.29, 0.717) is 12.8 Å². The normalized spacial score (nSPS) is 24.5. The van der Waals surface area contributed by atoms with Gasteiger partial charge in [0.15, 0.2) is 0 Å². The molecular weight excluding hydrogens is 432 g/mol. The summed E-state index contributed by atoms with van der Waals surface area (Å²) in [5.74, 6) is -1.38. The first-order valence-corrected chi connectivity index (χ1v) is 11.7. The molecule has 3 atom stereocenters. The van der Waals surface area contributed by atoms with E-state index in [1.54, 1.807) is 19.1 Å². The van der Waals surface area contributed by atoms with Crippen molar-refractivity contribution in [3.63, 3.8) is 0 Å². The Labute approximate surface area is 201 Å². The third-order valence-electron chi connectivity index (χ3n) is 5.45. The predicted molar refractivity (Wildman–Crippen MR) is 132 cm³/mol. The van der Waals surface area contributed by atoms with E-state index in [4.69, 9.17) is 0 Å². The quantitative estimate of drug-likeness (QED) is 0.539. The van der Waals surface area contributed by atoms with E-state index in [1.165, 1.54) is 0 Å². The number of rotatable bonds is 4. The zero-order valence-electron chi connectivity index (χ0n) is 20.2. The molecule has 0 aliphatic carbocycles. The molecule has 4 N–H and O–H groups in total. The summed E-state index contributed by atoms with van der Waals surface area (Å²) in [6.45, 7) is 9.69. The summed E-state index contributed by atoms with van der Waals surface area (Å²) < 4.78 is 0. The number of benzene rings is 1. The van der Waals surface area contributed by atoms with Gasteiger partial charge in [-0.15, -0.1) is 0 Å². The molecule has 0 aromatic heterocycles. The summed E-state index contributed by atoms with van der Waals surface area (Å²) in [5.41, 5.74) is 1.62. The van der Waals surface area contributed by atoms with Crippen LogP contribution < -0.4 is 21.3 Å². The lowest BCUT2D eigenvalue weighted by Crippen LogP contribution is -2.56. The predicted octanol–water partition coefficient (Wildman–Crippen LogP) is 1.77. The monoisotopic (exact) mass is 468 g/mol. The lowest BCUT2D eigenvalue weighted by atomic mass is 10.0. The van der Waals surface area contributed by atoms with E-state index in [0.717, 1.165) is 11.1 Å². The fourth-order valence-corrected chi connectivity index (χ4v) is 3.58. The maximum absolute atomic E-state index is 13.2. The maximum atomic E-state index is 13.2. The lowest BCUT2D eigenvalue weighted by Gasteiger charge is -2.25. The number of hydrogen-bond acceptors (Lipinski definition) is 4. The molecule has 0 saturated heterocycles. The number of allylic oxidation sites excluding steroid dienone is 2. The Kier molecular flexibility index (Phi) is 10.5. The molecule has 4 amide bonds. The topological polar surface area (TPSA) is 116 Å². The van der Waals surface area contributed by atoms with Crippen LogP contribution in [0.5, 0.6) is 0 Å². The second-order valence-corrected chi connectivity index (χ2v) is 9.04. The van der Waals surface area contributed by atoms with Crippen LogP contribution in [0.1, 0.15) is 45.6 Å². The van der Waals surface area contributed by atoms with Crippen molar-refractivity contribution in [3.05, 3.63) is 60.2 Å². The van der Waals surface area contributed by atoms with Crippen LogP contribution in [0.25, 0.3) is 0 Å². The average molecular weight is 469 g/mol. The molecule has 8 nitrogen and oxygen atoms in total. The molecule has 0 bridgehead atoms. The maximum Gasteiger partial charge on any atom is 0.243 e. The van der Waals surface area contributed by atoms with Crippen LogP contribution in [-0.4, -0.2) is 48.3 Å². The fourth-order valence-electron chi connectivity index (χ4n) is 3.58. The van der Waals surface area contributed by atoms with Crippen molar-refractivity contribution in [1.29, 1.82) is 0 Å². The Morgan fingerprint density at radius 1 is 0.912 bits per heavy atom. The number of nitrogens with one attached hydrogen (secondary N) is 4. The molecule has 0 spiro atoms. The molecule has 1 aliphatic heterocycles. The van der Waals surface area contributed by atoms with Gasteiger partial charge >= 0.3 is 0 Å². The van der Waals surface area contributed by atoms with Crippen LogP contribution in [0.15, 0.2) is 54.6 Å². The van der Waals surface area contributed by atoms with E-state index in [1.807, 2.05) is 44.2 Å². The van der Waals surface area contributed by atoms with Crippen LogP contribution in [0, 0.1) is 5.92 Å². The average Bonchev–Trinajstić information content (AvgIpc) is 2.79. The van der Waals surface area contributed by atoms with E-state index in [9.17, 15) is 19.2 Å². The van der Waals surface area contributed by atoms with Gasteiger partial charge in [0.25, 0.3) is 0 Å². The number of hydrogen-bond donors (Lipinski definition) is 4. The minimum absolute atomic E-state index is 0.118. The molecule has 34 heavy (non-hydrogen) atoms. The zero-order valence-corrected chi connectivity index (χ0v) is 20.2. The molecule has 0 fully saturated rings. The molecule has 1 aliphatic rings. The van der Waals surface area contributed by atoms with Gasteiger partial charge in [0.1, 0.15) is 18.1 Å². The van der Waals surface area contributed by atoms with Gasteiger partial charge in [0.05, 0.1) is 0 Å². The summed E-state index contributed by atoms with van der Waals surface area (Å²) in [5, 5.41) is 11.0. The molecule has 1 aromatic carbocycles. The number of amides is 4. The standard InChI is InChI=1S/C26H36N4O4/c1-17(2)15-21-25(33)28-19(4)24(32)27-14-8-9-18(3)12-13-23(31)29-22(26(34)30-21)16-20-10-6-5-7-11-20/h5-11,17,19,21-22H,3,12-16H2,1-2,4H3,(H,27,32)(H,28,33)(H,29,31)(H,30,34)/b9-8+/t19-,21-,22-/m0/s1. The second kappa shape index (κ2) is 13.3.